The van der Waals surface area contributed by atoms with Gasteiger partial charge in [-0.25, -0.2) is 0 Å². The van der Waals surface area contributed by atoms with Crippen LogP contribution < -0.4 is 10.1 Å². The summed E-state index contributed by atoms with van der Waals surface area (Å²) in [6.07, 6.45) is 4.55. The van der Waals surface area contributed by atoms with E-state index in [2.05, 4.69) is 21.3 Å². The lowest BCUT2D eigenvalue weighted by Crippen LogP contribution is -2.28. The van der Waals surface area contributed by atoms with Crippen LogP contribution in [-0.2, 0) is 4.79 Å². The van der Waals surface area contributed by atoms with E-state index in [4.69, 9.17) is 4.74 Å². The number of para-hydroxylation sites is 2. The van der Waals surface area contributed by atoms with Crippen molar-refractivity contribution in [2.24, 2.45) is 0 Å². The van der Waals surface area contributed by atoms with E-state index < -0.39 is 0 Å². The van der Waals surface area contributed by atoms with Gasteiger partial charge in [0.15, 0.2) is 0 Å². The molecular weight excluding hydrogens is 314 g/mol. The molecule has 1 atom stereocenters. The second-order valence-corrected chi connectivity index (χ2v) is 6.18. The van der Waals surface area contributed by atoms with Gasteiger partial charge < -0.3 is 10.1 Å². The highest BCUT2D eigenvalue weighted by Gasteiger charge is 2.26. The van der Waals surface area contributed by atoms with E-state index in [9.17, 15) is 4.79 Å². The number of likely N-dealkylation sites (tertiary alicyclic amines) is 1. The second-order valence-electron chi connectivity index (χ2n) is 6.18. The van der Waals surface area contributed by atoms with Crippen LogP contribution in [0.3, 0.4) is 0 Å². The predicted molar refractivity (Wildman–Crippen MR) is 98.6 cm³/mol. The highest BCUT2D eigenvalue weighted by atomic mass is 16.5. The third kappa shape index (κ3) is 4.57. The van der Waals surface area contributed by atoms with Crippen molar-refractivity contribution in [3.8, 4) is 5.75 Å². The minimum absolute atomic E-state index is 0.0128. The van der Waals surface area contributed by atoms with Crippen LogP contribution >= 0.6 is 0 Å². The number of benzene rings is 1. The summed E-state index contributed by atoms with van der Waals surface area (Å²) in [5.41, 5.74) is 1.83. The summed E-state index contributed by atoms with van der Waals surface area (Å²) in [6, 6.07) is 13.9. The smallest absolute Gasteiger partial charge is 0.225 e. The van der Waals surface area contributed by atoms with Gasteiger partial charge in [0, 0.05) is 19.2 Å². The number of carbonyl (C=O) groups is 1. The summed E-state index contributed by atoms with van der Waals surface area (Å²) in [4.78, 5) is 19.2. The van der Waals surface area contributed by atoms with E-state index >= 15 is 0 Å². The fourth-order valence-electron chi connectivity index (χ4n) is 3.31. The Hall–Kier alpha value is -2.40. The minimum Gasteiger partial charge on any atom is -0.492 e. The van der Waals surface area contributed by atoms with Crippen LogP contribution in [0.15, 0.2) is 48.7 Å². The molecule has 25 heavy (non-hydrogen) atoms. The summed E-state index contributed by atoms with van der Waals surface area (Å²) in [6.45, 7) is 4.27. The molecule has 1 aromatic carbocycles. The van der Waals surface area contributed by atoms with Gasteiger partial charge in [0.25, 0.3) is 0 Å². The maximum Gasteiger partial charge on any atom is 0.225 e. The largest absolute Gasteiger partial charge is 0.492 e. The van der Waals surface area contributed by atoms with Crippen molar-refractivity contribution < 1.29 is 9.53 Å². The summed E-state index contributed by atoms with van der Waals surface area (Å²) < 4.78 is 5.56. The molecule has 1 aromatic heterocycles. The number of rotatable bonds is 7. The quantitative estimate of drug-likeness (QED) is 0.837. The minimum atomic E-state index is 0.0128. The van der Waals surface area contributed by atoms with Crippen LogP contribution in [0.2, 0.25) is 0 Å². The highest BCUT2D eigenvalue weighted by Crippen LogP contribution is 2.30. The zero-order valence-corrected chi connectivity index (χ0v) is 14.6. The van der Waals surface area contributed by atoms with Gasteiger partial charge in [-0.3, -0.25) is 14.7 Å². The first-order valence-corrected chi connectivity index (χ1v) is 8.94. The molecule has 5 nitrogen and oxygen atoms in total. The maximum absolute atomic E-state index is 12.4. The first kappa shape index (κ1) is 17.4. The monoisotopic (exact) mass is 339 g/mol. The molecule has 2 heterocycles. The number of ether oxygens (including phenoxy) is 1. The Balaban J connectivity index is 1.55. The van der Waals surface area contributed by atoms with E-state index in [1.54, 1.807) is 0 Å². The normalized spacial score (nSPS) is 17.4. The Morgan fingerprint density at radius 3 is 2.92 bits per heavy atom. The van der Waals surface area contributed by atoms with Crippen LogP contribution in [0.1, 0.15) is 37.9 Å². The zero-order chi connectivity index (χ0) is 17.5. The van der Waals surface area contributed by atoms with Crippen molar-refractivity contribution in [2.75, 3.05) is 25.0 Å². The molecule has 1 N–H and O–H groups in total. The molecule has 1 aliphatic rings. The fraction of sp³-hybridized carbons (Fsp3) is 0.400. The lowest BCUT2D eigenvalue weighted by molar-refractivity contribution is -0.116. The Bertz CT molecular complexity index is 690. The molecule has 5 heteroatoms. The number of nitrogens with one attached hydrogen (secondary N) is 1. The van der Waals surface area contributed by atoms with E-state index in [1.165, 1.54) is 0 Å². The third-order valence-corrected chi connectivity index (χ3v) is 4.48. The van der Waals surface area contributed by atoms with Gasteiger partial charge in [-0.1, -0.05) is 18.2 Å². The van der Waals surface area contributed by atoms with Gasteiger partial charge in [0.1, 0.15) is 5.75 Å². The van der Waals surface area contributed by atoms with Gasteiger partial charge in [0.2, 0.25) is 5.91 Å². The average Bonchev–Trinajstić information content (AvgIpc) is 3.11. The summed E-state index contributed by atoms with van der Waals surface area (Å²) in [5, 5.41) is 2.97. The van der Waals surface area contributed by atoms with Crippen LogP contribution in [0, 0.1) is 0 Å². The van der Waals surface area contributed by atoms with E-state index in [-0.39, 0.29) is 5.91 Å². The molecule has 3 rings (SSSR count). The first-order chi connectivity index (χ1) is 12.3. The molecule has 1 aliphatic heterocycles. The molecule has 0 bridgehead atoms. The van der Waals surface area contributed by atoms with E-state index in [1.807, 2.05) is 49.5 Å². The molecular formula is C20H25N3O2. The number of amides is 1. The lowest BCUT2D eigenvalue weighted by Gasteiger charge is -2.23. The SMILES string of the molecule is CCOc1ccccc1NC(=O)CCN1CCC[C@@H]1c1ccccn1. The highest BCUT2D eigenvalue weighted by molar-refractivity contribution is 5.92. The number of hydrogen-bond acceptors (Lipinski definition) is 4. The van der Waals surface area contributed by atoms with Crippen molar-refractivity contribution in [3.05, 3.63) is 54.4 Å². The van der Waals surface area contributed by atoms with Crippen molar-refractivity contribution in [3.63, 3.8) is 0 Å². The molecule has 2 aromatic rings. The number of anilines is 1. The molecule has 1 fully saturated rings. The Kier molecular flexibility index (Phi) is 6.01. The third-order valence-electron chi connectivity index (χ3n) is 4.48. The van der Waals surface area contributed by atoms with Crippen LogP contribution in [-0.4, -0.2) is 35.5 Å². The average molecular weight is 339 g/mol. The molecule has 0 unspecified atom stereocenters. The van der Waals surface area contributed by atoms with E-state index in [0.717, 1.165) is 37.3 Å². The number of carbonyl (C=O) groups excluding carboxylic acids is 1. The number of pyridine rings is 1. The van der Waals surface area contributed by atoms with Crippen molar-refractivity contribution >= 4 is 11.6 Å². The van der Waals surface area contributed by atoms with Crippen LogP contribution in [0.25, 0.3) is 0 Å². The second kappa shape index (κ2) is 8.62. The Morgan fingerprint density at radius 2 is 2.12 bits per heavy atom. The van der Waals surface area contributed by atoms with Gasteiger partial charge in [-0.05, 0) is 50.6 Å². The van der Waals surface area contributed by atoms with Gasteiger partial charge in [-0.15, -0.1) is 0 Å². The summed E-state index contributed by atoms with van der Waals surface area (Å²) >= 11 is 0. The molecule has 1 saturated heterocycles. The predicted octanol–water partition coefficient (Wildman–Crippen LogP) is 3.65. The molecule has 1 amide bonds. The fourth-order valence-corrected chi connectivity index (χ4v) is 3.31. The number of nitrogens with zero attached hydrogens (tertiary/aromatic N) is 2. The zero-order valence-electron chi connectivity index (χ0n) is 14.6. The van der Waals surface area contributed by atoms with Crippen molar-refractivity contribution in [1.82, 2.24) is 9.88 Å². The molecule has 0 radical (unpaired) electrons. The van der Waals surface area contributed by atoms with Gasteiger partial charge >= 0.3 is 0 Å². The summed E-state index contributed by atoms with van der Waals surface area (Å²) in [5.74, 6) is 0.727. The Labute approximate surface area is 149 Å². The lowest BCUT2D eigenvalue weighted by atomic mass is 10.1. The standard InChI is InChI=1S/C20H25N3O2/c1-2-25-19-11-4-3-9-17(19)22-20(24)12-15-23-14-7-10-18(23)16-8-5-6-13-21-16/h3-6,8-9,11,13,18H,2,7,10,12,14-15H2,1H3,(H,22,24)/t18-/m1/s1. The number of aromatic nitrogens is 1. The maximum atomic E-state index is 12.4. The van der Waals surface area contributed by atoms with Crippen molar-refractivity contribution in [2.45, 2.75) is 32.2 Å². The van der Waals surface area contributed by atoms with Crippen molar-refractivity contribution in [1.29, 1.82) is 0 Å². The van der Waals surface area contributed by atoms with Gasteiger partial charge in [0.05, 0.1) is 24.0 Å². The topological polar surface area (TPSA) is 54.5 Å². The Morgan fingerprint density at radius 1 is 1.28 bits per heavy atom. The van der Waals surface area contributed by atoms with Gasteiger partial charge in [-0.2, -0.15) is 0 Å². The number of hydrogen-bond donors (Lipinski definition) is 1. The van der Waals surface area contributed by atoms with Crippen LogP contribution in [0.5, 0.6) is 5.75 Å². The van der Waals surface area contributed by atoms with Crippen LogP contribution in [0.4, 0.5) is 5.69 Å². The summed E-state index contributed by atoms with van der Waals surface area (Å²) in [7, 11) is 0. The molecule has 0 spiro atoms. The molecule has 132 valence electrons. The first-order valence-electron chi connectivity index (χ1n) is 8.94. The van der Waals surface area contributed by atoms with E-state index in [0.29, 0.717) is 24.8 Å². The molecule has 0 aliphatic carbocycles. The molecule has 0 saturated carbocycles.